The fourth-order valence-electron chi connectivity index (χ4n) is 7.15. The maximum atomic E-state index is 12.6. The maximum absolute atomic E-state index is 12.6. The Hall–Kier alpha value is 0.240. The van der Waals surface area contributed by atoms with Crippen molar-refractivity contribution < 1.29 is 29.5 Å². The summed E-state index contributed by atoms with van der Waals surface area (Å²) in [5.41, 5.74) is -2.39. The Morgan fingerprint density at radius 3 is 1.71 bits per heavy atom. The maximum Gasteiger partial charge on any atom is 0.318 e. The average Bonchev–Trinajstić information content (AvgIpc) is 2.88. The normalized spacial score (nSPS) is 34.1. The number of hydrogen-bond donors (Lipinski definition) is 2. The van der Waals surface area contributed by atoms with Crippen molar-refractivity contribution >= 4 is 57.1 Å². The molecule has 0 aromatic carbocycles. The molecule has 41 heavy (non-hydrogen) atoms. The van der Waals surface area contributed by atoms with E-state index in [1.807, 2.05) is 27.7 Å². The molecule has 2 aliphatic rings. The first-order chi connectivity index (χ1) is 18.9. The van der Waals surface area contributed by atoms with E-state index in [9.17, 15) is 20.0 Å². The summed E-state index contributed by atoms with van der Waals surface area (Å²) in [7, 11) is 0. The minimum absolute atomic E-state index is 0.220. The van der Waals surface area contributed by atoms with Crippen LogP contribution in [0.4, 0.5) is 0 Å². The van der Waals surface area contributed by atoms with Crippen LogP contribution in [0.3, 0.4) is 0 Å². The lowest BCUT2D eigenvalue weighted by Gasteiger charge is -2.57. The lowest BCUT2D eigenvalue weighted by Crippen LogP contribution is -2.66. The molecule has 0 saturated carbocycles. The fourth-order valence-corrected chi connectivity index (χ4v) is 7.44. The molecule has 0 aromatic rings. The molecule has 0 amide bonds. The Bertz CT molecular complexity index is 874. The summed E-state index contributed by atoms with van der Waals surface area (Å²) in [5.74, 6) is -0.440. The van der Waals surface area contributed by atoms with Gasteiger partial charge in [0.25, 0.3) is 0 Å². The number of ether oxygens (including phenoxy) is 2. The molecule has 0 aromatic heterocycles. The van der Waals surface area contributed by atoms with Crippen molar-refractivity contribution in [2.45, 2.75) is 181 Å². The largest absolute Gasteiger partial charge is 0.461 e. The van der Waals surface area contributed by atoms with E-state index in [-0.39, 0.29) is 32.0 Å². The van der Waals surface area contributed by atoms with Crippen LogP contribution >= 0.6 is 45.2 Å². The standard InChI is InChI=1S/C31H56I2N2O6/c1-9-11-13-15-31(21-24(40-26(36)22(3)32)18-28(5,6)34(31)38)17-16-30(8)20-25(41-27(37)23(4)33)19-29(7,35(30)39)14-12-10-2/h22-25,38-39H,9-21H2,1-8H3. The zero-order valence-electron chi connectivity index (χ0n) is 26.7. The molecular weight excluding hydrogens is 750 g/mol. The minimum Gasteiger partial charge on any atom is -0.461 e. The van der Waals surface area contributed by atoms with Crippen LogP contribution < -0.4 is 0 Å². The molecule has 2 saturated heterocycles. The van der Waals surface area contributed by atoms with Gasteiger partial charge in [-0.1, -0.05) is 91.1 Å². The van der Waals surface area contributed by atoms with E-state index in [2.05, 4.69) is 72.9 Å². The van der Waals surface area contributed by atoms with Gasteiger partial charge in [0.1, 0.15) is 20.1 Å². The highest BCUT2D eigenvalue weighted by molar-refractivity contribution is 14.1. The van der Waals surface area contributed by atoms with Crippen LogP contribution in [0.5, 0.6) is 0 Å². The summed E-state index contributed by atoms with van der Waals surface area (Å²) in [6, 6.07) is 0. The van der Waals surface area contributed by atoms with E-state index in [0.717, 1.165) is 44.9 Å². The van der Waals surface area contributed by atoms with Crippen LogP contribution in [0.25, 0.3) is 0 Å². The molecule has 8 nitrogen and oxygen atoms in total. The van der Waals surface area contributed by atoms with Gasteiger partial charge in [-0.2, -0.15) is 10.1 Å². The molecule has 2 heterocycles. The van der Waals surface area contributed by atoms with Crippen molar-refractivity contribution in [3.05, 3.63) is 0 Å². The Kier molecular flexibility index (Phi) is 14.1. The molecule has 0 bridgehead atoms. The number of rotatable bonds is 14. The number of esters is 2. The summed E-state index contributed by atoms with van der Waals surface area (Å²) < 4.78 is 11.5. The number of unbranched alkanes of at least 4 members (excludes halogenated alkanes) is 3. The summed E-state index contributed by atoms with van der Waals surface area (Å²) >= 11 is 4.17. The van der Waals surface area contributed by atoms with Gasteiger partial charge in [0, 0.05) is 42.3 Å². The van der Waals surface area contributed by atoms with Crippen molar-refractivity contribution in [3.63, 3.8) is 0 Å². The summed E-state index contributed by atoms with van der Waals surface area (Å²) in [5, 5.41) is 26.7. The second-order valence-corrected chi connectivity index (χ2v) is 17.6. The van der Waals surface area contributed by atoms with Gasteiger partial charge < -0.3 is 19.9 Å². The SMILES string of the molecule is CCCCCC1(CCC2(C)CC(OC(=O)C(C)I)CC(C)(CCCC)N2O)CC(OC(=O)C(C)I)CC(C)(C)N1O. The molecular formula is C31H56I2N2O6. The van der Waals surface area contributed by atoms with Gasteiger partial charge in [0.15, 0.2) is 0 Å². The van der Waals surface area contributed by atoms with Crippen molar-refractivity contribution in [2.75, 3.05) is 0 Å². The summed E-state index contributed by atoms with van der Waals surface area (Å²) in [4.78, 5) is 25.2. The summed E-state index contributed by atoms with van der Waals surface area (Å²) in [6.07, 6.45) is 9.46. The number of piperidine rings is 2. The van der Waals surface area contributed by atoms with E-state index >= 15 is 0 Å². The third-order valence-corrected chi connectivity index (χ3v) is 10.4. The van der Waals surface area contributed by atoms with Crippen molar-refractivity contribution in [1.29, 1.82) is 0 Å². The number of halogens is 2. The monoisotopic (exact) mass is 806 g/mol. The van der Waals surface area contributed by atoms with Gasteiger partial charge in [-0.15, -0.1) is 0 Å². The van der Waals surface area contributed by atoms with Gasteiger partial charge >= 0.3 is 11.9 Å². The van der Waals surface area contributed by atoms with E-state index in [0.29, 0.717) is 38.5 Å². The van der Waals surface area contributed by atoms with Crippen LogP contribution in [0, 0.1) is 0 Å². The smallest absolute Gasteiger partial charge is 0.318 e. The lowest BCUT2D eigenvalue weighted by molar-refractivity contribution is -0.290. The molecule has 2 rings (SSSR count). The Labute approximate surface area is 276 Å². The predicted octanol–water partition coefficient (Wildman–Crippen LogP) is 8.01. The van der Waals surface area contributed by atoms with Crippen LogP contribution in [0.15, 0.2) is 0 Å². The topological polar surface area (TPSA) is 99.5 Å². The Balaban J connectivity index is 2.43. The third kappa shape index (κ3) is 9.61. The highest BCUT2D eigenvalue weighted by atomic mass is 127. The van der Waals surface area contributed by atoms with Crippen LogP contribution in [0.1, 0.15) is 139 Å². The molecule has 2 fully saturated rings. The van der Waals surface area contributed by atoms with Gasteiger partial charge in [-0.05, 0) is 67.2 Å². The quantitative estimate of drug-likeness (QED) is 0.0789. The molecule has 0 spiro atoms. The molecule has 7 atom stereocenters. The number of carbonyl (C=O) groups excluding carboxylic acids is 2. The number of nitrogens with zero attached hydrogens (tertiary/aromatic N) is 2. The Morgan fingerprint density at radius 1 is 0.732 bits per heavy atom. The van der Waals surface area contributed by atoms with E-state index in [1.165, 1.54) is 0 Å². The predicted molar refractivity (Wildman–Crippen MR) is 179 cm³/mol. The number of carbonyl (C=O) groups is 2. The summed E-state index contributed by atoms with van der Waals surface area (Å²) in [6.45, 7) is 16.1. The first-order valence-corrected chi connectivity index (χ1v) is 18.1. The van der Waals surface area contributed by atoms with E-state index < -0.39 is 22.2 Å². The van der Waals surface area contributed by atoms with E-state index in [4.69, 9.17) is 9.47 Å². The first kappa shape index (κ1) is 37.4. The van der Waals surface area contributed by atoms with Crippen molar-refractivity contribution in [3.8, 4) is 0 Å². The Morgan fingerprint density at radius 2 is 1.22 bits per heavy atom. The number of hydrogen-bond acceptors (Lipinski definition) is 8. The zero-order chi connectivity index (χ0) is 31.2. The molecule has 10 heteroatoms. The first-order valence-electron chi connectivity index (χ1n) is 15.6. The van der Waals surface area contributed by atoms with Crippen molar-refractivity contribution in [1.82, 2.24) is 10.1 Å². The van der Waals surface area contributed by atoms with Gasteiger partial charge in [-0.3, -0.25) is 9.59 Å². The minimum atomic E-state index is -0.663. The number of alkyl halides is 2. The highest BCUT2D eigenvalue weighted by Crippen LogP contribution is 2.49. The average molecular weight is 807 g/mol. The van der Waals surface area contributed by atoms with Gasteiger partial charge in [-0.25, -0.2) is 0 Å². The molecule has 0 aliphatic carbocycles. The van der Waals surface area contributed by atoms with Crippen molar-refractivity contribution in [2.24, 2.45) is 0 Å². The van der Waals surface area contributed by atoms with Gasteiger partial charge in [0.2, 0.25) is 0 Å². The molecule has 7 unspecified atom stereocenters. The lowest BCUT2D eigenvalue weighted by atomic mass is 9.69. The van der Waals surface area contributed by atoms with Crippen LogP contribution in [-0.2, 0) is 19.1 Å². The third-order valence-electron chi connectivity index (χ3n) is 9.37. The fraction of sp³-hybridized carbons (Fsp3) is 0.935. The molecule has 2 N–H and O–H groups in total. The molecule has 2 aliphatic heterocycles. The second-order valence-electron chi connectivity index (χ2n) is 13.9. The van der Waals surface area contributed by atoms with Crippen LogP contribution in [-0.4, -0.2) is 74.7 Å². The molecule has 0 radical (unpaired) electrons. The zero-order valence-corrected chi connectivity index (χ0v) is 31.0. The van der Waals surface area contributed by atoms with E-state index in [1.54, 1.807) is 10.1 Å². The van der Waals surface area contributed by atoms with Crippen LogP contribution in [0.2, 0.25) is 0 Å². The molecule has 240 valence electrons. The number of hydroxylamine groups is 4. The van der Waals surface area contributed by atoms with Gasteiger partial charge in [0.05, 0.1) is 5.54 Å². The second kappa shape index (κ2) is 15.5. The highest BCUT2D eigenvalue weighted by Gasteiger charge is 2.55.